The molecular weight excluding hydrogens is 425 g/mol. The topological polar surface area (TPSA) is 70.2 Å². The molecule has 0 heterocycles. The van der Waals surface area contributed by atoms with Crippen LogP contribution in [0.25, 0.3) is 0 Å². The summed E-state index contributed by atoms with van der Waals surface area (Å²) in [4.78, 5) is 24.0. The predicted octanol–water partition coefficient (Wildman–Crippen LogP) is 2.55. The highest BCUT2D eigenvalue weighted by Gasteiger charge is 2.11. The van der Waals surface area contributed by atoms with Crippen molar-refractivity contribution < 1.29 is 9.59 Å². The highest BCUT2D eigenvalue weighted by molar-refractivity contribution is 14.1. The van der Waals surface area contributed by atoms with Crippen LogP contribution in [0, 0.1) is 10.5 Å². The lowest BCUT2D eigenvalue weighted by molar-refractivity contribution is 0.0934. The van der Waals surface area contributed by atoms with E-state index in [1.807, 2.05) is 31.2 Å². The van der Waals surface area contributed by atoms with Crippen molar-refractivity contribution in [1.82, 2.24) is 16.2 Å². The Labute approximate surface area is 153 Å². The van der Waals surface area contributed by atoms with Gasteiger partial charge in [-0.1, -0.05) is 29.8 Å². The molecule has 0 saturated heterocycles. The van der Waals surface area contributed by atoms with Crippen molar-refractivity contribution in [1.29, 1.82) is 0 Å². The molecule has 0 radical (unpaired) electrons. The number of hydrogen-bond acceptors (Lipinski definition) is 3. The molecule has 0 aliphatic carbocycles. The van der Waals surface area contributed by atoms with E-state index in [2.05, 4.69) is 38.8 Å². The van der Waals surface area contributed by atoms with Gasteiger partial charge in [0.05, 0.1) is 5.56 Å². The van der Waals surface area contributed by atoms with E-state index in [1.54, 1.807) is 24.3 Å². The van der Waals surface area contributed by atoms with Crippen LogP contribution in [0.5, 0.6) is 0 Å². The Hall–Kier alpha value is -2.00. The zero-order chi connectivity index (χ0) is 16.8. The highest BCUT2D eigenvalue weighted by Crippen LogP contribution is 2.10. The van der Waals surface area contributed by atoms with E-state index in [0.717, 1.165) is 9.13 Å². The molecule has 0 spiro atoms. The lowest BCUT2D eigenvalue weighted by Crippen LogP contribution is -2.48. The standard InChI is InChI=1S/C16H14IN3O2S/c1-10-6-8-11(9-7-10)14(21)18-16(23)20-19-15(22)12-4-2-3-5-13(12)17/h2-9H,1H3,(H,19,22)(H2,18,20,21,23). The van der Waals surface area contributed by atoms with E-state index in [4.69, 9.17) is 12.2 Å². The summed E-state index contributed by atoms with van der Waals surface area (Å²) in [6.07, 6.45) is 0. The van der Waals surface area contributed by atoms with Gasteiger partial charge in [-0.05, 0) is 66.0 Å². The molecule has 2 rings (SSSR count). The Morgan fingerprint density at radius 2 is 1.61 bits per heavy atom. The maximum Gasteiger partial charge on any atom is 0.270 e. The number of hydrogen-bond donors (Lipinski definition) is 3. The van der Waals surface area contributed by atoms with Crippen molar-refractivity contribution in [3.05, 3.63) is 68.8 Å². The lowest BCUT2D eigenvalue weighted by Gasteiger charge is -2.11. The first-order valence-corrected chi connectivity index (χ1v) is 8.19. The third-order valence-corrected chi connectivity index (χ3v) is 4.09. The summed E-state index contributed by atoms with van der Waals surface area (Å²) < 4.78 is 0.819. The zero-order valence-corrected chi connectivity index (χ0v) is 15.2. The predicted molar refractivity (Wildman–Crippen MR) is 101 cm³/mol. The number of rotatable bonds is 2. The Kier molecular flexibility index (Phi) is 6.05. The van der Waals surface area contributed by atoms with Crippen LogP contribution in [0.3, 0.4) is 0 Å². The molecule has 7 heteroatoms. The third-order valence-electron chi connectivity index (χ3n) is 2.95. The molecule has 0 atom stereocenters. The Morgan fingerprint density at radius 1 is 0.957 bits per heavy atom. The van der Waals surface area contributed by atoms with E-state index in [-0.39, 0.29) is 16.9 Å². The Bertz CT molecular complexity index is 747. The van der Waals surface area contributed by atoms with Crippen molar-refractivity contribution in [2.75, 3.05) is 0 Å². The normalized spacial score (nSPS) is 9.83. The van der Waals surface area contributed by atoms with Crippen LogP contribution in [0.2, 0.25) is 0 Å². The smallest absolute Gasteiger partial charge is 0.270 e. The first-order valence-electron chi connectivity index (χ1n) is 6.70. The first kappa shape index (κ1) is 17.4. The van der Waals surface area contributed by atoms with Gasteiger partial charge in [-0.15, -0.1) is 0 Å². The van der Waals surface area contributed by atoms with Crippen LogP contribution in [-0.2, 0) is 0 Å². The second-order valence-corrected chi connectivity index (χ2v) is 6.28. The second kappa shape index (κ2) is 8.02. The van der Waals surface area contributed by atoms with E-state index < -0.39 is 0 Å². The van der Waals surface area contributed by atoms with Gasteiger partial charge in [0, 0.05) is 9.13 Å². The molecule has 0 unspecified atom stereocenters. The van der Waals surface area contributed by atoms with Crippen molar-refractivity contribution in [2.24, 2.45) is 0 Å². The minimum Gasteiger partial charge on any atom is -0.298 e. The number of thiocarbonyl (C=S) groups is 1. The molecule has 3 N–H and O–H groups in total. The van der Waals surface area contributed by atoms with E-state index in [9.17, 15) is 9.59 Å². The second-order valence-electron chi connectivity index (χ2n) is 4.71. The lowest BCUT2D eigenvalue weighted by atomic mass is 10.1. The first-order chi connectivity index (χ1) is 11.0. The maximum atomic E-state index is 12.0. The van der Waals surface area contributed by atoms with E-state index in [0.29, 0.717) is 11.1 Å². The summed E-state index contributed by atoms with van der Waals surface area (Å²) in [6.45, 7) is 1.94. The number of aryl methyl sites for hydroxylation is 1. The van der Waals surface area contributed by atoms with Crippen molar-refractivity contribution >= 4 is 51.7 Å². The van der Waals surface area contributed by atoms with Gasteiger partial charge in [0.15, 0.2) is 5.11 Å². The van der Waals surface area contributed by atoms with Crippen LogP contribution >= 0.6 is 34.8 Å². The summed E-state index contributed by atoms with van der Waals surface area (Å²) in [6, 6.07) is 14.2. The van der Waals surface area contributed by atoms with Gasteiger partial charge in [0.2, 0.25) is 0 Å². The quantitative estimate of drug-likeness (QED) is 0.382. The minimum absolute atomic E-state index is 0.0230. The minimum atomic E-state index is -0.342. The SMILES string of the molecule is Cc1ccc(C(=O)NC(=S)NNC(=O)c2ccccc2I)cc1. The van der Waals surface area contributed by atoms with Gasteiger partial charge < -0.3 is 0 Å². The van der Waals surface area contributed by atoms with Gasteiger partial charge in [-0.25, -0.2) is 0 Å². The average molecular weight is 439 g/mol. The van der Waals surface area contributed by atoms with E-state index in [1.165, 1.54) is 0 Å². The van der Waals surface area contributed by atoms with Gasteiger partial charge in [0.1, 0.15) is 0 Å². The molecule has 0 bridgehead atoms. The van der Waals surface area contributed by atoms with Gasteiger partial charge in [0.25, 0.3) is 11.8 Å². The van der Waals surface area contributed by atoms with Crippen LogP contribution < -0.4 is 16.2 Å². The summed E-state index contributed by atoms with van der Waals surface area (Å²) in [5.74, 6) is -0.673. The molecule has 0 aliphatic heterocycles. The fourth-order valence-electron chi connectivity index (χ4n) is 1.74. The largest absolute Gasteiger partial charge is 0.298 e. The monoisotopic (exact) mass is 439 g/mol. The average Bonchev–Trinajstić information content (AvgIpc) is 2.53. The molecule has 2 amide bonds. The molecule has 0 aliphatic rings. The Morgan fingerprint density at radius 3 is 2.26 bits per heavy atom. The molecule has 0 aromatic heterocycles. The molecule has 5 nitrogen and oxygen atoms in total. The van der Waals surface area contributed by atoms with E-state index >= 15 is 0 Å². The summed E-state index contributed by atoms with van der Waals surface area (Å²) in [7, 11) is 0. The van der Waals surface area contributed by atoms with Crippen LogP contribution in [0.1, 0.15) is 26.3 Å². The van der Waals surface area contributed by atoms with Crippen LogP contribution in [0.15, 0.2) is 48.5 Å². The third kappa shape index (κ3) is 5.00. The number of halogens is 1. The highest BCUT2D eigenvalue weighted by atomic mass is 127. The number of carbonyl (C=O) groups is 2. The van der Waals surface area contributed by atoms with Crippen molar-refractivity contribution in [3.63, 3.8) is 0 Å². The van der Waals surface area contributed by atoms with Gasteiger partial charge >= 0.3 is 0 Å². The molecule has 0 fully saturated rings. The number of carbonyl (C=O) groups excluding carboxylic acids is 2. The summed E-state index contributed by atoms with van der Waals surface area (Å²) in [5, 5.41) is 2.52. The van der Waals surface area contributed by atoms with Gasteiger partial charge in [-0.2, -0.15) is 0 Å². The maximum absolute atomic E-state index is 12.0. The van der Waals surface area contributed by atoms with Gasteiger partial charge in [-0.3, -0.25) is 25.8 Å². The molecular formula is C16H14IN3O2S. The number of benzene rings is 2. The molecule has 118 valence electrons. The summed E-state index contributed by atoms with van der Waals surface area (Å²) >= 11 is 7.07. The van der Waals surface area contributed by atoms with Crippen molar-refractivity contribution in [2.45, 2.75) is 6.92 Å². The fourth-order valence-corrected chi connectivity index (χ4v) is 2.51. The molecule has 0 saturated carbocycles. The number of hydrazine groups is 1. The molecule has 2 aromatic rings. The molecule has 2 aromatic carbocycles. The van der Waals surface area contributed by atoms with Crippen LogP contribution in [0.4, 0.5) is 0 Å². The fraction of sp³-hybridized carbons (Fsp3) is 0.0625. The number of amides is 2. The van der Waals surface area contributed by atoms with Crippen LogP contribution in [-0.4, -0.2) is 16.9 Å². The zero-order valence-electron chi connectivity index (χ0n) is 12.2. The summed E-state index contributed by atoms with van der Waals surface area (Å²) in [5.41, 5.74) is 7.05. The number of nitrogens with one attached hydrogen (secondary N) is 3. The molecule has 23 heavy (non-hydrogen) atoms. The van der Waals surface area contributed by atoms with Crippen molar-refractivity contribution in [3.8, 4) is 0 Å². The Balaban J connectivity index is 1.88.